The number of hydrogen-bond acceptors (Lipinski definition) is 5. The van der Waals surface area contributed by atoms with Crippen molar-refractivity contribution in [1.82, 2.24) is 9.88 Å². The summed E-state index contributed by atoms with van der Waals surface area (Å²) in [6, 6.07) is 3.26. The van der Waals surface area contributed by atoms with E-state index in [-0.39, 0.29) is 18.1 Å². The Morgan fingerprint density at radius 2 is 2.00 bits per heavy atom. The fraction of sp³-hybridized carbons (Fsp3) is 0.429. The summed E-state index contributed by atoms with van der Waals surface area (Å²) >= 11 is 0. The lowest BCUT2D eigenvalue weighted by Crippen LogP contribution is -2.32. The van der Waals surface area contributed by atoms with E-state index in [4.69, 9.17) is 0 Å². The lowest BCUT2D eigenvalue weighted by atomic mass is 10.00. The lowest BCUT2D eigenvalue weighted by Gasteiger charge is -2.20. The van der Waals surface area contributed by atoms with Gasteiger partial charge in [-0.1, -0.05) is 0 Å². The molecular formula is C14H16N2O4. The molecule has 0 bridgehead atoms. The zero-order valence-electron chi connectivity index (χ0n) is 11.2. The maximum absolute atomic E-state index is 12.3. The maximum Gasteiger partial charge on any atom is 0.316 e. The summed E-state index contributed by atoms with van der Waals surface area (Å²) in [6.45, 7) is 0.695. The van der Waals surface area contributed by atoms with Gasteiger partial charge in [-0.05, 0) is 18.6 Å². The minimum Gasteiger partial charge on any atom is -0.468 e. The molecule has 106 valence electrons. The summed E-state index contributed by atoms with van der Waals surface area (Å²) in [5, 5.41) is 0. The first-order valence-electron chi connectivity index (χ1n) is 6.43. The van der Waals surface area contributed by atoms with Gasteiger partial charge in [-0.3, -0.25) is 19.4 Å². The molecule has 1 unspecified atom stereocenters. The molecule has 1 aliphatic rings. The topological polar surface area (TPSA) is 76.6 Å². The number of nitrogens with zero attached hydrogens (tertiary/aromatic N) is 2. The molecule has 6 nitrogen and oxygen atoms in total. The smallest absolute Gasteiger partial charge is 0.316 e. The Balaban J connectivity index is 2.08. The van der Waals surface area contributed by atoms with Gasteiger partial charge in [0.2, 0.25) is 0 Å². The normalized spacial score (nSPS) is 19.4. The van der Waals surface area contributed by atoms with E-state index < -0.39 is 11.9 Å². The minimum absolute atomic E-state index is 0.147. The first kappa shape index (κ1) is 14.2. The fourth-order valence-corrected chi connectivity index (χ4v) is 2.25. The van der Waals surface area contributed by atoms with Crippen LogP contribution in [0.1, 0.15) is 23.2 Å². The highest BCUT2D eigenvalue weighted by Crippen LogP contribution is 2.17. The summed E-state index contributed by atoms with van der Waals surface area (Å²) in [6.07, 6.45) is 3.58. The third-order valence-electron chi connectivity index (χ3n) is 3.40. The molecule has 1 aromatic rings. The van der Waals surface area contributed by atoms with Gasteiger partial charge in [-0.25, -0.2) is 0 Å². The van der Waals surface area contributed by atoms with Crippen LogP contribution < -0.4 is 0 Å². The molecule has 2 rings (SSSR count). The number of Topliss-reactive ketones (excluding diaryl/α,β-unsaturated/α-hetero) is 1. The molecule has 0 saturated carbocycles. The van der Waals surface area contributed by atoms with E-state index in [1.165, 1.54) is 7.11 Å². The van der Waals surface area contributed by atoms with Crippen molar-refractivity contribution in [3.63, 3.8) is 0 Å². The van der Waals surface area contributed by atoms with Crippen molar-refractivity contribution in [2.24, 2.45) is 5.92 Å². The highest BCUT2D eigenvalue weighted by Gasteiger charge is 2.32. The van der Waals surface area contributed by atoms with Gasteiger partial charge < -0.3 is 9.64 Å². The predicted octanol–water partition coefficient (Wildman–Crippen LogP) is 0.676. The van der Waals surface area contributed by atoms with E-state index in [0.717, 1.165) is 0 Å². The number of rotatable bonds is 2. The van der Waals surface area contributed by atoms with E-state index in [9.17, 15) is 14.4 Å². The summed E-state index contributed by atoms with van der Waals surface area (Å²) < 4.78 is 4.62. The molecule has 0 aromatic carbocycles. The Bertz CT molecular complexity index is 515. The number of pyridine rings is 1. The van der Waals surface area contributed by atoms with Crippen LogP contribution in [-0.2, 0) is 14.3 Å². The molecular weight excluding hydrogens is 260 g/mol. The number of carbonyl (C=O) groups is 3. The molecule has 0 aliphatic carbocycles. The number of ketones is 1. The molecule has 20 heavy (non-hydrogen) atoms. The van der Waals surface area contributed by atoms with Gasteiger partial charge in [0.15, 0.2) is 0 Å². The van der Waals surface area contributed by atoms with Crippen LogP contribution in [0.15, 0.2) is 24.5 Å². The second-order valence-electron chi connectivity index (χ2n) is 4.61. The largest absolute Gasteiger partial charge is 0.468 e. The molecule has 1 atom stereocenters. The molecule has 0 spiro atoms. The first-order chi connectivity index (χ1) is 9.63. The highest BCUT2D eigenvalue weighted by molar-refractivity contribution is 6.00. The third kappa shape index (κ3) is 3.01. The Morgan fingerprint density at radius 3 is 2.65 bits per heavy atom. The number of esters is 1. The second kappa shape index (κ2) is 6.27. The summed E-state index contributed by atoms with van der Waals surface area (Å²) in [7, 11) is 1.26. The van der Waals surface area contributed by atoms with Crippen LogP contribution in [0.3, 0.4) is 0 Å². The molecule has 1 aromatic heterocycles. The Hall–Kier alpha value is -2.24. The summed E-state index contributed by atoms with van der Waals surface area (Å²) in [5.74, 6) is -1.59. The van der Waals surface area contributed by atoms with Crippen LogP contribution in [0.5, 0.6) is 0 Å². The van der Waals surface area contributed by atoms with Crippen molar-refractivity contribution in [1.29, 1.82) is 0 Å². The second-order valence-corrected chi connectivity index (χ2v) is 4.61. The first-order valence-corrected chi connectivity index (χ1v) is 6.43. The van der Waals surface area contributed by atoms with Gasteiger partial charge >= 0.3 is 5.97 Å². The van der Waals surface area contributed by atoms with E-state index in [2.05, 4.69) is 9.72 Å². The summed E-state index contributed by atoms with van der Waals surface area (Å²) in [5.41, 5.74) is 0.531. The molecule has 1 aliphatic heterocycles. The van der Waals surface area contributed by atoms with Gasteiger partial charge in [0.25, 0.3) is 5.91 Å². The van der Waals surface area contributed by atoms with E-state index >= 15 is 0 Å². The van der Waals surface area contributed by atoms with Crippen molar-refractivity contribution < 1.29 is 19.1 Å². The molecule has 1 fully saturated rings. The third-order valence-corrected chi connectivity index (χ3v) is 3.40. The van der Waals surface area contributed by atoms with Crippen LogP contribution in [0.25, 0.3) is 0 Å². The van der Waals surface area contributed by atoms with E-state index in [1.807, 2.05) is 0 Å². The number of amides is 1. The number of aromatic nitrogens is 1. The number of carbonyl (C=O) groups excluding carboxylic acids is 3. The predicted molar refractivity (Wildman–Crippen MR) is 69.9 cm³/mol. The van der Waals surface area contributed by atoms with E-state index in [1.54, 1.807) is 29.4 Å². The molecule has 1 saturated heterocycles. The quantitative estimate of drug-likeness (QED) is 0.586. The Labute approximate surface area is 116 Å². The van der Waals surface area contributed by atoms with Gasteiger partial charge in [0, 0.05) is 37.5 Å². The van der Waals surface area contributed by atoms with Crippen molar-refractivity contribution in [2.45, 2.75) is 12.8 Å². The van der Waals surface area contributed by atoms with Gasteiger partial charge in [0.1, 0.15) is 11.7 Å². The molecule has 1 amide bonds. The van der Waals surface area contributed by atoms with Crippen molar-refractivity contribution in [2.75, 3.05) is 20.2 Å². The molecule has 2 heterocycles. The van der Waals surface area contributed by atoms with Crippen LogP contribution in [0.4, 0.5) is 0 Å². The number of hydrogen-bond donors (Lipinski definition) is 0. The van der Waals surface area contributed by atoms with Crippen molar-refractivity contribution in [3.8, 4) is 0 Å². The van der Waals surface area contributed by atoms with Crippen LogP contribution in [0, 0.1) is 5.92 Å². The average molecular weight is 276 g/mol. The Kier molecular flexibility index (Phi) is 4.45. The lowest BCUT2D eigenvalue weighted by molar-refractivity contribution is -0.149. The van der Waals surface area contributed by atoms with Crippen LogP contribution in [-0.4, -0.2) is 47.7 Å². The molecule has 0 N–H and O–H groups in total. The highest BCUT2D eigenvalue weighted by atomic mass is 16.5. The SMILES string of the molecule is COC(=O)C1CCN(C(=O)c2ccncc2)CCC1=O. The standard InChI is InChI=1S/C14H16N2O4/c1-20-14(19)11-4-8-16(9-5-12(11)17)13(18)10-2-6-15-7-3-10/h2-3,6-7,11H,4-5,8-9H2,1H3. The molecule has 0 radical (unpaired) electrons. The van der Waals surface area contributed by atoms with Gasteiger partial charge in [0.05, 0.1) is 7.11 Å². The van der Waals surface area contributed by atoms with Crippen LogP contribution >= 0.6 is 0 Å². The molecule has 6 heteroatoms. The average Bonchev–Trinajstić information content (AvgIpc) is 2.68. The van der Waals surface area contributed by atoms with Gasteiger partial charge in [-0.2, -0.15) is 0 Å². The Morgan fingerprint density at radius 1 is 1.30 bits per heavy atom. The van der Waals surface area contributed by atoms with E-state index in [0.29, 0.717) is 25.1 Å². The van der Waals surface area contributed by atoms with Crippen molar-refractivity contribution >= 4 is 17.7 Å². The fourth-order valence-electron chi connectivity index (χ4n) is 2.25. The van der Waals surface area contributed by atoms with Crippen molar-refractivity contribution in [3.05, 3.63) is 30.1 Å². The zero-order valence-corrected chi connectivity index (χ0v) is 11.2. The number of methoxy groups -OCH3 is 1. The minimum atomic E-state index is -0.754. The number of likely N-dealkylation sites (tertiary alicyclic amines) is 1. The van der Waals surface area contributed by atoms with Crippen LogP contribution in [0.2, 0.25) is 0 Å². The maximum atomic E-state index is 12.3. The summed E-state index contributed by atoms with van der Waals surface area (Å²) in [4.78, 5) is 41.1. The zero-order chi connectivity index (χ0) is 14.5. The van der Waals surface area contributed by atoms with Gasteiger partial charge in [-0.15, -0.1) is 0 Å². The number of ether oxygens (including phenoxy) is 1. The monoisotopic (exact) mass is 276 g/mol.